The van der Waals surface area contributed by atoms with E-state index in [1.54, 1.807) is 30.3 Å². The average Bonchev–Trinajstić information content (AvgIpc) is 3.30. The van der Waals surface area contributed by atoms with Gasteiger partial charge in [-0.15, -0.1) is 0 Å². The van der Waals surface area contributed by atoms with Gasteiger partial charge in [0.1, 0.15) is 0 Å². The summed E-state index contributed by atoms with van der Waals surface area (Å²) in [5.41, 5.74) is 3.09. The lowest BCUT2D eigenvalue weighted by Crippen LogP contribution is -3.00. The van der Waals surface area contributed by atoms with Crippen LogP contribution < -0.4 is 34.0 Å². The van der Waals surface area contributed by atoms with Gasteiger partial charge in [-0.3, -0.25) is 29.0 Å². The largest absolute Gasteiger partial charge is 1.00 e. The number of amides is 4. The van der Waals surface area contributed by atoms with Gasteiger partial charge in [0.2, 0.25) is 0 Å². The van der Waals surface area contributed by atoms with Gasteiger partial charge in [-0.2, -0.15) is 0 Å². The van der Waals surface area contributed by atoms with E-state index in [9.17, 15) is 19.2 Å². The molecule has 2 aromatic carbocycles. The monoisotopic (exact) mass is 720 g/mol. The Kier molecular flexibility index (Phi) is 13.3. The van der Waals surface area contributed by atoms with Crippen molar-refractivity contribution in [3.63, 3.8) is 0 Å². The zero-order chi connectivity index (χ0) is 29.8. The Morgan fingerprint density at radius 1 is 0.512 bits per heavy atom. The molecular formula is C33H46Br2N4O4. The van der Waals surface area contributed by atoms with Crippen LogP contribution in [0.5, 0.6) is 0 Å². The molecular weight excluding hydrogens is 676 g/mol. The molecule has 8 nitrogen and oxygen atoms in total. The fourth-order valence-corrected chi connectivity index (χ4v) is 6.02. The fraction of sp³-hybridized carbons (Fsp3) is 0.515. The van der Waals surface area contributed by atoms with Gasteiger partial charge in [-0.25, -0.2) is 0 Å². The van der Waals surface area contributed by atoms with Crippen molar-refractivity contribution in [2.24, 2.45) is 0 Å². The van der Waals surface area contributed by atoms with Crippen molar-refractivity contribution in [1.29, 1.82) is 0 Å². The Balaban J connectivity index is 0.00000323. The average molecular weight is 723 g/mol. The first-order valence-electron chi connectivity index (χ1n) is 15.0. The summed E-state index contributed by atoms with van der Waals surface area (Å²) in [6.45, 7) is 6.85. The maximum absolute atomic E-state index is 12.7. The second-order valence-corrected chi connectivity index (χ2v) is 13.0. The van der Waals surface area contributed by atoms with Crippen LogP contribution in [0.15, 0.2) is 42.5 Å². The molecule has 0 saturated heterocycles. The van der Waals surface area contributed by atoms with Crippen LogP contribution in [0.3, 0.4) is 0 Å². The highest BCUT2D eigenvalue weighted by Crippen LogP contribution is 2.25. The molecule has 0 spiro atoms. The van der Waals surface area contributed by atoms with Crippen LogP contribution >= 0.6 is 0 Å². The lowest BCUT2D eigenvalue weighted by molar-refractivity contribution is -0.891. The SMILES string of the molecule is Cc1ccc2c(c1)C(=O)N(CCC[N+](C)(C)CCCCCC[N+](C)(C)CCCN1C(=O)c3ccccc3C1=O)C2=O.[Br-].[Br-]. The molecule has 2 aliphatic rings. The number of unbranched alkanes of at least 4 members (excludes halogenated alkanes) is 3. The Morgan fingerprint density at radius 3 is 1.33 bits per heavy atom. The smallest absolute Gasteiger partial charge is 0.261 e. The minimum atomic E-state index is -0.170. The van der Waals surface area contributed by atoms with E-state index >= 15 is 0 Å². The first kappa shape index (κ1) is 36.8. The molecule has 236 valence electrons. The van der Waals surface area contributed by atoms with E-state index in [-0.39, 0.29) is 57.6 Å². The van der Waals surface area contributed by atoms with Crippen LogP contribution in [0.4, 0.5) is 0 Å². The molecule has 0 aromatic heterocycles. The Hall–Kier alpha value is -2.40. The van der Waals surface area contributed by atoms with Crippen molar-refractivity contribution in [2.75, 3.05) is 67.5 Å². The molecule has 2 heterocycles. The molecule has 0 bridgehead atoms. The number of hydrogen-bond donors (Lipinski definition) is 0. The van der Waals surface area contributed by atoms with Gasteiger partial charge < -0.3 is 42.9 Å². The maximum atomic E-state index is 12.7. The van der Waals surface area contributed by atoms with Crippen LogP contribution in [0.25, 0.3) is 0 Å². The normalized spacial score (nSPS) is 14.5. The Morgan fingerprint density at radius 2 is 0.884 bits per heavy atom. The Labute approximate surface area is 277 Å². The third kappa shape index (κ3) is 9.06. The molecule has 0 radical (unpaired) electrons. The molecule has 4 amide bonds. The van der Waals surface area contributed by atoms with Crippen LogP contribution in [0.2, 0.25) is 0 Å². The minimum Gasteiger partial charge on any atom is -1.00 e. The van der Waals surface area contributed by atoms with Crippen molar-refractivity contribution < 1.29 is 62.1 Å². The molecule has 10 heteroatoms. The standard InChI is InChI=1S/C33H46N4O4.2BrH/c1-25-16-17-28-29(24-25)33(41)35(32(28)40)19-13-23-37(4,5)21-11-7-6-10-20-36(2,3)22-12-18-34-30(38)26-14-8-9-15-27(26)31(34)39;;/h8-9,14-17,24H,6-7,10-13,18-23H2,1-5H3;2*1H/q+2;;/p-2. The summed E-state index contributed by atoms with van der Waals surface area (Å²) in [5, 5.41) is 0. The van der Waals surface area contributed by atoms with E-state index < -0.39 is 0 Å². The number of fused-ring (bicyclic) bond motifs is 2. The van der Waals surface area contributed by atoms with E-state index in [1.165, 1.54) is 22.6 Å². The predicted molar refractivity (Wildman–Crippen MR) is 160 cm³/mol. The summed E-state index contributed by atoms with van der Waals surface area (Å²) in [6.07, 6.45) is 6.23. The first-order valence-corrected chi connectivity index (χ1v) is 15.0. The van der Waals surface area contributed by atoms with E-state index in [1.807, 2.05) is 19.1 Å². The summed E-state index contributed by atoms with van der Waals surface area (Å²) in [7, 11) is 8.88. The van der Waals surface area contributed by atoms with Gasteiger partial charge >= 0.3 is 0 Å². The van der Waals surface area contributed by atoms with Crippen LogP contribution in [0.1, 0.15) is 85.5 Å². The van der Waals surface area contributed by atoms with Gasteiger partial charge in [-0.05, 0) is 56.9 Å². The molecule has 0 aliphatic carbocycles. The number of benzene rings is 2. The molecule has 2 aromatic rings. The number of aryl methyl sites for hydroxylation is 1. The molecule has 0 fully saturated rings. The van der Waals surface area contributed by atoms with E-state index in [0.29, 0.717) is 35.3 Å². The predicted octanol–water partition coefficient (Wildman–Crippen LogP) is -1.61. The van der Waals surface area contributed by atoms with Crippen LogP contribution in [-0.2, 0) is 0 Å². The molecule has 0 N–H and O–H groups in total. The minimum absolute atomic E-state index is 0. The van der Waals surface area contributed by atoms with Crippen LogP contribution in [-0.4, -0.2) is 110 Å². The fourth-order valence-electron chi connectivity index (χ4n) is 6.02. The summed E-state index contributed by atoms with van der Waals surface area (Å²) in [6, 6.07) is 12.5. The third-order valence-electron chi connectivity index (χ3n) is 8.57. The number of carbonyl (C=O) groups excluding carboxylic acids is 4. The lowest BCUT2D eigenvalue weighted by atomic mass is 10.1. The highest BCUT2D eigenvalue weighted by atomic mass is 79.9. The number of nitrogens with zero attached hydrogens (tertiary/aromatic N) is 4. The highest BCUT2D eigenvalue weighted by molar-refractivity contribution is 6.22. The topological polar surface area (TPSA) is 74.8 Å². The van der Waals surface area contributed by atoms with Crippen molar-refractivity contribution >= 4 is 23.6 Å². The summed E-state index contributed by atoms with van der Waals surface area (Å²) in [5.74, 6) is -0.670. The Bertz CT molecular complexity index is 1290. The molecule has 0 unspecified atom stereocenters. The van der Waals surface area contributed by atoms with Gasteiger partial charge in [-0.1, -0.05) is 23.8 Å². The van der Waals surface area contributed by atoms with Gasteiger partial charge in [0.15, 0.2) is 0 Å². The third-order valence-corrected chi connectivity index (χ3v) is 8.57. The van der Waals surface area contributed by atoms with Gasteiger partial charge in [0.25, 0.3) is 23.6 Å². The number of hydrogen-bond acceptors (Lipinski definition) is 4. The molecule has 0 atom stereocenters. The summed E-state index contributed by atoms with van der Waals surface area (Å²) >= 11 is 0. The number of halogens is 2. The zero-order valence-corrected chi connectivity index (χ0v) is 29.4. The summed E-state index contributed by atoms with van der Waals surface area (Å²) < 4.78 is 1.75. The van der Waals surface area contributed by atoms with Gasteiger partial charge in [0, 0.05) is 25.9 Å². The molecule has 0 saturated carbocycles. The second kappa shape index (κ2) is 15.5. The van der Waals surface area contributed by atoms with Crippen molar-refractivity contribution in [1.82, 2.24) is 9.80 Å². The van der Waals surface area contributed by atoms with Crippen LogP contribution in [0, 0.1) is 6.92 Å². The van der Waals surface area contributed by atoms with Crippen molar-refractivity contribution in [3.05, 3.63) is 70.3 Å². The molecule has 2 aliphatic heterocycles. The number of carbonyl (C=O) groups is 4. The second-order valence-electron chi connectivity index (χ2n) is 13.0. The van der Waals surface area contributed by atoms with Crippen molar-refractivity contribution in [2.45, 2.75) is 45.4 Å². The maximum Gasteiger partial charge on any atom is 0.261 e. The number of imide groups is 2. The van der Waals surface area contributed by atoms with E-state index in [0.717, 1.165) is 66.4 Å². The quantitative estimate of drug-likeness (QED) is 0.126. The van der Waals surface area contributed by atoms with Gasteiger partial charge in [0.05, 0.1) is 76.6 Å². The first-order chi connectivity index (χ1) is 19.4. The van der Waals surface area contributed by atoms with Crippen molar-refractivity contribution in [3.8, 4) is 0 Å². The lowest BCUT2D eigenvalue weighted by Gasteiger charge is -2.31. The molecule has 43 heavy (non-hydrogen) atoms. The highest BCUT2D eigenvalue weighted by Gasteiger charge is 2.36. The number of rotatable bonds is 15. The summed E-state index contributed by atoms with van der Waals surface area (Å²) in [4.78, 5) is 53.3. The molecule has 4 rings (SSSR count). The van der Waals surface area contributed by atoms with E-state index in [2.05, 4.69) is 28.2 Å². The number of quaternary nitrogens is 2. The zero-order valence-electron chi connectivity index (χ0n) is 26.2. The van der Waals surface area contributed by atoms with E-state index in [4.69, 9.17) is 0 Å².